The van der Waals surface area contributed by atoms with Crippen LogP contribution in [-0.2, 0) is 89.6 Å². The standard InChI is InChI=1S/C18H23ClN2O5.C17H15FN4O2.C17H13FN4O2.C12H14ClN3O3.C12H12ClN3O2.C6H10N2.C5H3FN.3C4H9.Na.Sn/c1-18(2,3)26-16(25)5-4-14(22)21-9-7-11-12(19)6-8-20-17(11)13(21)10-15(23)24;2*18-14-2-1-10(8-20-14)11-3-5-19-17-12(11)4-6-22-13(17)7-15(23)21-9-16(22)24;13-8-1-3-15-12-7(8)2-4-16(10(17)6-14)9(12)5-11(18)19;13-8-1-3-14-12-7(8)2-4-16-9(12)5-10(17)15-6-11(16)18;1-5(2)6-3-7-4-8-6;6-5-3-1-2-4-7-5;3*1-3-4-2;;/h6,8,13H,4-5,7,9-10H2,1-3H3,(H,23,24);1-3,5,8,13H,4,6-7,9H2,(H,21,23);1-3,5,7-8H,4,6,9H2,(H,21,23);1,3,9H,2,4-6,14H2,(H,18,19);1,3,9H,2,4-6H2,(H,15,17);3-5H,1-2H3,(H,7,8);1,3-4H;3*1,3-4H2,2H3;;/q;;;;;;;;;;+1;/p-1. The first kappa shape index (κ1) is 111. The van der Waals surface area contributed by atoms with Crippen molar-refractivity contribution in [3.8, 4) is 22.3 Å². The van der Waals surface area contributed by atoms with Gasteiger partial charge in [0.05, 0.1) is 117 Å². The molecule has 4 unspecified atom stereocenters. The first-order valence-electron chi connectivity index (χ1n) is 46.6. The van der Waals surface area contributed by atoms with Gasteiger partial charge in [0.25, 0.3) is 0 Å². The molecule has 0 aromatic carbocycles. The van der Waals surface area contributed by atoms with Crippen LogP contribution in [0.25, 0.3) is 28.0 Å². The third-order valence-corrected chi connectivity index (χ3v) is 41.5. The molecule has 8 aliphatic heterocycles. The Balaban J connectivity index is 0.000000171. The Kier molecular flexibility index (Phi) is 41.5. The van der Waals surface area contributed by atoms with Crippen LogP contribution in [0.1, 0.15) is 225 Å². The van der Waals surface area contributed by atoms with Gasteiger partial charge in [-0.15, -0.1) is 0 Å². The molecule has 33 nitrogen and oxygen atoms in total. The molecule has 0 aliphatic carbocycles. The van der Waals surface area contributed by atoms with Crippen molar-refractivity contribution in [2.75, 3.05) is 58.9 Å². The largest absolute Gasteiger partial charge is 1.00 e. The van der Waals surface area contributed by atoms with Crippen LogP contribution in [0.5, 0.6) is 0 Å². The molecule has 9 aromatic heterocycles. The number of amides is 8. The maximum Gasteiger partial charge on any atom is 1.00 e. The number of esters is 1. The Bertz CT molecular complexity index is 5900. The van der Waals surface area contributed by atoms with Gasteiger partial charge in [0.15, 0.2) is 0 Å². The second-order valence-electron chi connectivity index (χ2n) is 35.6. The number of nitrogens with two attached hydrogens (primary N) is 1. The summed E-state index contributed by atoms with van der Waals surface area (Å²) in [5.41, 5.74) is 17.4. The number of carboxylic acids is 2. The number of carboxylic acid groups (broad SMARTS) is 2. The molecule has 7 N–H and O–H groups in total. The molecule has 0 radical (unpaired) electrons. The maximum atomic E-state index is 13.1. The first-order chi connectivity index (χ1) is 66.5. The summed E-state index contributed by atoms with van der Waals surface area (Å²) in [6, 6.07) is 16.3. The molecule has 8 amide bonds. The van der Waals surface area contributed by atoms with Crippen LogP contribution in [0, 0.1) is 17.8 Å². The zero-order valence-electron chi connectivity index (χ0n) is 80.0. The van der Waals surface area contributed by atoms with Gasteiger partial charge in [-0.1, -0.05) is 48.7 Å². The van der Waals surface area contributed by atoms with Crippen molar-refractivity contribution in [2.45, 2.75) is 214 Å². The molecule has 0 bridgehead atoms. The minimum absolute atomic E-state index is 0. The molecule has 17 rings (SSSR count). The molecular formula is C99H116Cl3F3N19NaO14Sn. The fourth-order valence-electron chi connectivity index (χ4n) is 18.0. The van der Waals surface area contributed by atoms with E-state index in [2.05, 4.69) is 106 Å². The predicted octanol–water partition coefficient (Wildman–Crippen LogP) is 8.88. The summed E-state index contributed by atoms with van der Waals surface area (Å²) < 4.78 is 50.2. The van der Waals surface area contributed by atoms with Gasteiger partial charge in [-0.05, 0) is 152 Å². The van der Waals surface area contributed by atoms with E-state index in [1.54, 1.807) is 96.8 Å². The van der Waals surface area contributed by atoms with E-state index in [1.165, 1.54) is 114 Å². The minimum atomic E-state index is -2.36. The number of pyridine rings is 8. The van der Waals surface area contributed by atoms with E-state index in [0.717, 1.165) is 61.5 Å². The molecule has 2 saturated heterocycles. The van der Waals surface area contributed by atoms with Crippen LogP contribution in [0.3, 0.4) is 0 Å². The summed E-state index contributed by atoms with van der Waals surface area (Å²) in [7, 11) is 0. The van der Waals surface area contributed by atoms with Crippen LogP contribution in [0.2, 0.25) is 28.4 Å². The van der Waals surface area contributed by atoms with E-state index < -0.39 is 65.9 Å². The zero-order chi connectivity index (χ0) is 100. The maximum absolute atomic E-state index is 13.1. The van der Waals surface area contributed by atoms with Gasteiger partial charge >= 0.3 is 170 Å². The van der Waals surface area contributed by atoms with E-state index in [9.17, 15) is 71.0 Å². The molecule has 2 fully saturated rings. The van der Waals surface area contributed by atoms with Crippen molar-refractivity contribution in [3.05, 3.63) is 230 Å². The molecule has 41 heteroatoms. The van der Waals surface area contributed by atoms with Gasteiger partial charge < -0.3 is 70.9 Å². The van der Waals surface area contributed by atoms with Crippen molar-refractivity contribution < 1.29 is 110 Å². The van der Waals surface area contributed by atoms with Crippen LogP contribution in [0.15, 0.2) is 135 Å². The van der Waals surface area contributed by atoms with Gasteiger partial charge in [0.1, 0.15) is 5.60 Å². The van der Waals surface area contributed by atoms with Crippen molar-refractivity contribution in [1.29, 1.82) is 0 Å². The van der Waals surface area contributed by atoms with E-state index in [1.807, 2.05) is 24.5 Å². The smallest absolute Gasteiger partial charge is 0.481 e. The van der Waals surface area contributed by atoms with Crippen molar-refractivity contribution in [1.82, 2.24) is 90.3 Å². The van der Waals surface area contributed by atoms with Gasteiger partial charge in [0.2, 0.25) is 59.2 Å². The third-order valence-electron chi connectivity index (χ3n) is 24.9. The SMILES string of the molecule is CC(C)(C)OC(=O)CCC(=O)N1CCc2c(Cl)ccnc2C1CC(=O)[O-].CC(C)c1cnc[nH]1.CCC[CH2][Sn]([CH2]CCC)([CH2]CCC)[c]1ccc(F)nc1.NCC(=O)N1CCc2c(Cl)ccnc2C1CC(=O)O.O=C1C=C2c3nccc(-c4ccc(F)nc4)c3CCN2C(=O)CN1.O=C1CC2c3nccc(-c4ccc(F)nc4)c3CCN2C(=O)CN1.O=C1CC2c3nccc(Cl)c3CCN2C(=O)CN1.[Na+]. The fraction of sp³-hybridized carbons (Fsp3) is 0.434. The van der Waals surface area contributed by atoms with Gasteiger partial charge in [-0.2, -0.15) is 8.78 Å². The molecule has 9 aromatic rings. The number of carbonyl (C=O) groups excluding carboxylic acids is 10. The molecule has 738 valence electrons. The summed E-state index contributed by atoms with van der Waals surface area (Å²) in [5, 5.41) is 29.7. The number of aromatic amines is 1. The second kappa shape index (κ2) is 52.5. The Morgan fingerprint density at radius 1 is 0.543 bits per heavy atom. The normalized spacial score (nSPS) is 17.1. The average molecular weight is 2100 g/mol. The van der Waals surface area contributed by atoms with Crippen LogP contribution >= 0.6 is 34.8 Å². The molecule has 8 aliphatic rings. The number of aromatic nitrogens is 10. The number of nitrogens with one attached hydrogen (secondary N) is 4. The number of hydrogen-bond acceptors (Lipinski definition) is 23. The minimum Gasteiger partial charge on any atom is -0.481 e. The van der Waals surface area contributed by atoms with Crippen LogP contribution in [0.4, 0.5) is 13.2 Å². The molecule has 0 saturated carbocycles. The molecule has 17 heterocycles. The van der Waals surface area contributed by atoms with E-state index in [0.29, 0.717) is 109 Å². The quantitative estimate of drug-likeness (QED) is 0.0222. The monoisotopic (exact) mass is 2100 g/mol. The van der Waals surface area contributed by atoms with E-state index in [4.69, 9.17) is 50.4 Å². The zero-order valence-corrected chi connectivity index (χ0v) is 87.1. The number of halogens is 6. The number of unbranched alkanes of at least 4 members (excludes halogenated alkanes) is 3. The average Bonchev–Trinajstić information content (AvgIpc) is 1.33. The second-order valence-corrected chi connectivity index (χ2v) is 50.1. The first-order valence-corrected chi connectivity index (χ1v) is 55.2. The van der Waals surface area contributed by atoms with Crippen LogP contribution in [-0.4, -0.2) is 227 Å². The fourth-order valence-corrected chi connectivity index (χ4v) is 34.4. The number of hydrogen-bond donors (Lipinski definition) is 6. The number of rotatable bonds is 21. The molecular weight excluding hydrogens is 1980 g/mol. The summed E-state index contributed by atoms with van der Waals surface area (Å²) in [5.74, 6) is -5.08. The van der Waals surface area contributed by atoms with Crippen molar-refractivity contribution >= 4 is 128 Å². The Morgan fingerprint density at radius 3 is 1.45 bits per heavy atom. The number of imidazole rings is 1. The number of H-pyrrole nitrogens is 1. The van der Waals surface area contributed by atoms with Crippen molar-refractivity contribution in [2.24, 2.45) is 5.73 Å². The van der Waals surface area contributed by atoms with Gasteiger partial charge in [-0.3, -0.25) is 72.9 Å². The van der Waals surface area contributed by atoms with Gasteiger partial charge in [0, 0.05) is 139 Å². The number of carbonyl (C=O) groups is 11. The summed E-state index contributed by atoms with van der Waals surface area (Å²) in [6.07, 6.45) is 28.2. The Morgan fingerprint density at radius 2 is 0.993 bits per heavy atom. The Hall–Kier alpha value is -11.3. The topological polar surface area (TPSA) is 450 Å². The molecule has 0 spiro atoms. The number of nitrogens with zero attached hydrogens (tertiary/aromatic N) is 14. The summed E-state index contributed by atoms with van der Waals surface area (Å²) in [6.45, 7) is 18.6. The third kappa shape index (κ3) is 29.5. The molecule has 4 atom stereocenters. The summed E-state index contributed by atoms with van der Waals surface area (Å²) in [4.78, 5) is 178. The van der Waals surface area contributed by atoms with E-state index >= 15 is 0 Å². The summed E-state index contributed by atoms with van der Waals surface area (Å²) >= 11 is 16.0. The predicted molar refractivity (Wildman–Crippen MR) is 514 cm³/mol. The van der Waals surface area contributed by atoms with Crippen LogP contribution < -0.4 is 59.9 Å². The number of fused-ring (bicyclic) bond motifs is 11. The Labute approximate surface area is 852 Å². The van der Waals surface area contributed by atoms with Crippen molar-refractivity contribution in [3.63, 3.8) is 0 Å². The molecule has 140 heavy (non-hydrogen) atoms. The van der Waals surface area contributed by atoms with Gasteiger partial charge in [-0.25, -0.2) is 15.0 Å². The van der Waals surface area contributed by atoms with E-state index in [-0.39, 0.29) is 160 Å². The number of aliphatic carboxylic acids is 2. The number of ether oxygens (including phenoxy) is 1.